The molecule has 4 aromatic carbocycles. The van der Waals surface area contributed by atoms with Gasteiger partial charge in [0, 0.05) is 64.2 Å². The number of aliphatic carboxylic acids is 1. The van der Waals surface area contributed by atoms with Gasteiger partial charge in [-0.25, -0.2) is 0 Å². The molecule has 0 radical (unpaired) electrons. The number of hydrogen-bond donors (Lipinski definition) is 10. The second-order valence-corrected chi connectivity index (χ2v) is 20.2. The summed E-state index contributed by atoms with van der Waals surface area (Å²) < 4.78 is 9.77. The number of aliphatic hydroxyl groups excluding tert-OH is 4. The average Bonchev–Trinajstić information content (AvgIpc) is 1.93. The fourth-order valence-corrected chi connectivity index (χ4v) is 6.44. The molecule has 4 rings (SSSR count). The van der Waals surface area contributed by atoms with Crippen LogP contribution >= 0.6 is 0 Å². The number of carbonyl (C=O) groups is 13. The van der Waals surface area contributed by atoms with Crippen LogP contribution < -0.4 is 27.4 Å². The van der Waals surface area contributed by atoms with Crippen LogP contribution in [-0.4, -0.2) is 146 Å². The van der Waals surface area contributed by atoms with Crippen molar-refractivity contribution in [3.05, 3.63) is 144 Å². The monoisotopic (exact) mass is 1260 g/mol. The number of nitrogens with one attached hydrogen (secondary N) is 3. The predicted octanol–water partition coefficient (Wildman–Crippen LogP) is 3.91. The number of hydrogen-bond acceptors (Lipinski definition) is 21. The summed E-state index contributed by atoms with van der Waals surface area (Å²) >= 11 is 0. The van der Waals surface area contributed by atoms with Gasteiger partial charge in [-0.2, -0.15) is 0 Å². The molecule has 0 spiro atoms. The maximum absolute atomic E-state index is 11.7. The van der Waals surface area contributed by atoms with Gasteiger partial charge in [0.2, 0.25) is 5.91 Å². The number of amides is 3. The lowest BCUT2D eigenvalue weighted by atomic mass is 9.95. The minimum Gasteiger partial charge on any atom is -0.481 e. The highest BCUT2D eigenvalue weighted by molar-refractivity contribution is 5.90. The summed E-state index contributed by atoms with van der Waals surface area (Å²) in [6.07, 6.45) is -5.23. The number of nitrogens with two attached hydrogens (primary N) is 2. The van der Waals surface area contributed by atoms with E-state index in [1.807, 2.05) is 24.3 Å². The molecule has 25 nitrogen and oxygen atoms in total. The van der Waals surface area contributed by atoms with Crippen molar-refractivity contribution >= 4 is 76.1 Å². The number of carboxylic acids is 1. The van der Waals surface area contributed by atoms with Crippen molar-refractivity contribution < 1.29 is 97.3 Å². The Kier molecular flexibility index (Phi) is 44.5. The van der Waals surface area contributed by atoms with Gasteiger partial charge in [-0.3, -0.25) is 62.3 Å². The van der Waals surface area contributed by atoms with E-state index in [1.165, 1.54) is 55.4 Å². The molecule has 90 heavy (non-hydrogen) atoms. The lowest BCUT2D eigenvalue weighted by Gasteiger charge is -2.15. The van der Waals surface area contributed by atoms with Gasteiger partial charge in [-0.1, -0.05) is 128 Å². The van der Waals surface area contributed by atoms with Crippen molar-refractivity contribution in [3.63, 3.8) is 0 Å². The molecule has 8 atom stereocenters. The summed E-state index contributed by atoms with van der Waals surface area (Å²) in [5, 5.41) is 53.5. The third kappa shape index (κ3) is 40.6. The van der Waals surface area contributed by atoms with Crippen LogP contribution in [0.5, 0.6) is 0 Å². The van der Waals surface area contributed by atoms with E-state index < -0.39 is 78.3 Å². The number of Topliss-reactive ketones (excluding diaryl/α,β-unsaturated/α-hetero) is 7. The first-order valence-electron chi connectivity index (χ1n) is 28.6. The molecule has 0 saturated heterocycles. The molecule has 0 aliphatic heterocycles. The molecular weight excluding hydrogens is 1170 g/mol. The second-order valence-electron chi connectivity index (χ2n) is 20.2. The number of ketones is 7. The van der Waals surface area contributed by atoms with Crippen LogP contribution in [0.3, 0.4) is 0 Å². The minimum absolute atomic E-state index is 0.00120. The Labute approximate surface area is 524 Å². The van der Waals surface area contributed by atoms with Gasteiger partial charge in [0.05, 0.1) is 6.42 Å². The molecule has 0 aromatic heterocycles. The lowest BCUT2D eigenvalue weighted by Crippen LogP contribution is -2.36. The van der Waals surface area contributed by atoms with E-state index in [0.717, 1.165) is 0 Å². The van der Waals surface area contributed by atoms with Gasteiger partial charge >= 0.3 is 17.9 Å². The Morgan fingerprint density at radius 1 is 0.456 bits per heavy atom. The number of esters is 2. The van der Waals surface area contributed by atoms with Gasteiger partial charge < -0.3 is 62.4 Å². The molecule has 3 amide bonds. The zero-order valence-corrected chi connectivity index (χ0v) is 52.5. The molecule has 12 N–H and O–H groups in total. The average molecular weight is 1260 g/mol. The highest BCUT2D eigenvalue weighted by atomic mass is 16.6. The zero-order chi connectivity index (χ0) is 68.9. The van der Waals surface area contributed by atoms with Crippen molar-refractivity contribution in [3.8, 4) is 0 Å². The summed E-state index contributed by atoms with van der Waals surface area (Å²) in [6, 6.07) is 34.0. The third-order valence-electron chi connectivity index (χ3n) is 12.0. The Hall–Kier alpha value is -8.85. The summed E-state index contributed by atoms with van der Waals surface area (Å²) in [6.45, 7) is 14.1. The molecule has 0 aliphatic rings. The number of ether oxygens (including phenoxy) is 2. The SMILES string of the molecule is CC(=O)CCNC(=O)[C@@H](O)c1ccccc1.CC(=O)CCNC(=O)[C@H](C)O.CC(=O)CCNC(=O)[C@H](O)c1ccccc1.CC(=O)[C@@H](OC(=O)CCN)c1ccccc1.CC(=O)[C@H](C)CC(=O)[C@@H](O)c1ccccc1.CC(=O)[C@H](C)OC(=O)[C@@H](N)CCC(=O)O. The van der Waals surface area contributed by atoms with E-state index in [-0.39, 0.29) is 105 Å². The highest BCUT2D eigenvalue weighted by Gasteiger charge is 2.24. The number of carboxylic acid groups (broad SMARTS) is 1. The largest absolute Gasteiger partial charge is 0.481 e. The van der Waals surface area contributed by atoms with Gasteiger partial charge in [0.1, 0.15) is 41.4 Å². The molecule has 494 valence electrons. The zero-order valence-electron chi connectivity index (χ0n) is 52.5. The summed E-state index contributed by atoms with van der Waals surface area (Å²) in [5.41, 5.74) is 12.9. The molecule has 0 saturated carbocycles. The predicted molar refractivity (Wildman–Crippen MR) is 331 cm³/mol. The van der Waals surface area contributed by atoms with Crippen LogP contribution in [0.25, 0.3) is 0 Å². The molecule has 0 heterocycles. The fourth-order valence-electron chi connectivity index (χ4n) is 6.44. The van der Waals surface area contributed by atoms with Crippen LogP contribution in [0, 0.1) is 5.92 Å². The molecule has 0 unspecified atom stereocenters. The number of aliphatic hydroxyl groups is 4. The maximum atomic E-state index is 11.7. The van der Waals surface area contributed by atoms with E-state index in [4.69, 9.17) is 31.2 Å². The second kappa shape index (κ2) is 48.1. The first kappa shape index (κ1) is 83.2. The van der Waals surface area contributed by atoms with Gasteiger partial charge in [-0.05, 0) is 84.1 Å². The molecule has 0 aliphatic carbocycles. The van der Waals surface area contributed by atoms with E-state index >= 15 is 0 Å². The standard InChI is InChI=1S/C13H16O3.3C12H15NO3.C9H15NO5.C7H13NO3/c1-9(10(2)14)8-12(15)13(16)11-6-4-3-5-7-11;1-9(14)12(16-11(15)7-8-13)10-5-3-2-4-6-10;2*1-9(14)7-8-13-12(16)11(15)10-5-3-2-4-6-10;1-5(11)6(2)15-9(14)7(10)3-4-8(12)13;1-5(9)3-4-8-7(11)6(2)10/h3-7,9,13,16H,8H2,1-2H3;2-6,12H,7-8,13H2,1H3;2*2-6,11,15H,7-8H2,1H3,(H,13,16);6-7H,3-4,10H2,1-2H3,(H,12,13);6,10H,3-4H2,1-2H3,(H,8,11)/t9-,13+;12-;2*11-;6-,7-;6-/m111000/s1. The van der Waals surface area contributed by atoms with Crippen molar-refractivity contribution in [2.45, 2.75) is 150 Å². The van der Waals surface area contributed by atoms with Gasteiger partial charge in [0.25, 0.3) is 11.8 Å². The summed E-state index contributed by atoms with van der Waals surface area (Å²) in [7, 11) is 0. The first-order chi connectivity index (χ1) is 42.3. The van der Waals surface area contributed by atoms with Gasteiger partial charge in [0.15, 0.2) is 41.8 Å². The van der Waals surface area contributed by atoms with Crippen LogP contribution in [0.15, 0.2) is 121 Å². The van der Waals surface area contributed by atoms with Crippen molar-refractivity contribution in [1.29, 1.82) is 0 Å². The number of carbonyl (C=O) groups excluding carboxylic acids is 12. The Morgan fingerprint density at radius 3 is 1.12 bits per heavy atom. The smallest absolute Gasteiger partial charge is 0.323 e. The third-order valence-corrected chi connectivity index (χ3v) is 12.0. The molecule has 25 heteroatoms. The maximum Gasteiger partial charge on any atom is 0.323 e. The Balaban J connectivity index is 0. The van der Waals surface area contributed by atoms with Crippen molar-refractivity contribution in [2.75, 3.05) is 26.2 Å². The molecule has 4 aromatic rings. The fraction of sp³-hybridized carbons (Fsp3) is 0.431. The van der Waals surface area contributed by atoms with Crippen LogP contribution in [0.4, 0.5) is 0 Å². The lowest BCUT2D eigenvalue weighted by molar-refractivity contribution is -0.155. The topological polar surface area (TPSA) is 430 Å². The Bertz CT molecular complexity index is 2780. The molecular formula is C65H89N5O20. The first-order valence-corrected chi connectivity index (χ1v) is 28.6. The Morgan fingerprint density at radius 2 is 0.811 bits per heavy atom. The van der Waals surface area contributed by atoms with E-state index in [1.54, 1.807) is 104 Å². The van der Waals surface area contributed by atoms with Gasteiger partial charge in [-0.15, -0.1) is 0 Å². The molecule has 0 fully saturated rings. The summed E-state index contributed by atoms with van der Waals surface area (Å²) in [4.78, 5) is 143. The number of benzene rings is 4. The van der Waals surface area contributed by atoms with Crippen LogP contribution in [0.1, 0.15) is 154 Å². The van der Waals surface area contributed by atoms with Crippen LogP contribution in [0.2, 0.25) is 0 Å². The molecule has 0 bridgehead atoms. The van der Waals surface area contributed by atoms with E-state index in [9.17, 15) is 77.6 Å². The summed E-state index contributed by atoms with van der Waals surface area (Å²) in [5.74, 6) is -4.74. The van der Waals surface area contributed by atoms with E-state index in [2.05, 4.69) is 16.0 Å². The van der Waals surface area contributed by atoms with Crippen molar-refractivity contribution in [1.82, 2.24) is 16.0 Å². The van der Waals surface area contributed by atoms with E-state index in [0.29, 0.717) is 35.2 Å². The minimum atomic E-state index is -1.17. The quantitative estimate of drug-likeness (QED) is 0.0331. The normalized spacial score (nSPS) is 12.7. The van der Waals surface area contributed by atoms with Crippen molar-refractivity contribution in [2.24, 2.45) is 17.4 Å². The number of rotatable bonds is 30. The highest BCUT2D eigenvalue weighted by Crippen LogP contribution is 2.20. The van der Waals surface area contributed by atoms with Crippen LogP contribution in [-0.2, 0) is 71.8 Å².